The first-order chi connectivity index (χ1) is 33.6. The number of nitrogens with one attached hydrogen (secondary N) is 2. The quantitative estimate of drug-likeness (QED) is 0.0610. The molecule has 0 amide bonds. The van der Waals surface area contributed by atoms with Crippen LogP contribution in [0.2, 0.25) is 0 Å². The SMILES string of the molecule is O=S(=O)(O)c1ccc(-c2c3nc(c(-c4ccc(S(=O)(=O)O)cc4)c4[nH]c(c(F)c4F)c(-c4ccc(S(=O)(=O)O)cc4)c4nc(c(-c5ccc(S(=O)(=O)O)cc5)c5[nH]c2c(F)c5F)C(F)=C4F)C(F)=C3F)cc1. The summed E-state index contributed by atoms with van der Waals surface area (Å²) in [7, 11) is -20.0. The van der Waals surface area contributed by atoms with Crippen molar-refractivity contribution in [2.24, 2.45) is 0 Å². The third kappa shape index (κ3) is 8.34. The molecular formula is C44H22F8N4O12S4. The second-order valence-electron chi connectivity index (χ2n) is 15.4. The summed E-state index contributed by atoms with van der Waals surface area (Å²) in [5, 5.41) is 0. The zero-order valence-electron chi connectivity index (χ0n) is 34.8. The van der Waals surface area contributed by atoms with Gasteiger partial charge in [0.15, 0.2) is 46.6 Å². The van der Waals surface area contributed by atoms with Crippen LogP contribution in [-0.4, -0.2) is 71.8 Å². The standard InChI is InChI=1S/C44H22F8N4O12S4/c45-29-31(47)39-26(18-3-11-22(12-4-18)70(60,61)62)41-33(49)35(51)43(55-41)28(20-7-15-24(16-8-20)72(66,67)68)44-36(52)34(50)42(56-44)27(19-5-13-23(14-6-19)71(63,64)65)40-32(48)30(46)38(54-40)25(37(29)53-39)17-1-9-21(10-2-17)69(57,58)59/h1-16,53,56H,(H,57,58,59)(H,60,61,62)(H,63,64,65)(H,66,67,68). The van der Waals surface area contributed by atoms with E-state index in [0.717, 1.165) is 48.5 Å². The van der Waals surface area contributed by atoms with Gasteiger partial charge in [0.05, 0.1) is 41.6 Å². The van der Waals surface area contributed by atoms with Crippen LogP contribution in [0.25, 0.3) is 89.9 Å². The average Bonchev–Trinajstić information content (AvgIpc) is 3.97. The van der Waals surface area contributed by atoms with Gasteiger partial charge >= 0.3 is 0 Å². The van der Waals surface area contributed by atoms with E-state index in [1.807, 2.05) is 0 Å². The number of benzene rings is 4. The monoisotopic (exact) mass is 1080 g/mol. The van der Waals surface area contributed by atoms with Crippen LogP contribution < -0.4 is 0 Å². The Morgan fingerprint density at radius 2 is 0.472 bits per heavy atom. The molecular weight excluding hydrogens is 1060 g/mol. The first-order valence-corrected chi connectivity index (χ1v) is 25.3. The van der Waals surface area contributed by atoms with E-state index in [4.69, 9.17) is 0 Å². The first kappa shape index (κ1) is 49.5. The predicted octanol–water partition coefficient (Wildman–Crippen LogP) is 10.1. The van der Waals surface area contributed by atoms with Crippen molar-refractivity contribution in [3.63, 3.8) is 0 Å². The van der Waals surface area contributed by atoms with Crippen LogP contribution in [0.4, 0.5) is 35.1 Å². The third-order valence-corrected chi connectivity index (χ3v) is 14.6. The molecule has 0 fully saturated rings. The van der Waals surface area contributed by atoms with Crippen LogP contribution in [0.15, 0.2) is 117 Å². The Balaban J connectivity index is 1.59. The van der Waals surface area contributed by atoms with Gasteiger partial charge in [-0.3, -0.25) is 18.2 Å². The van der Waals surface area contributed by atoms with Gasteiger partial charge in [0, 0.05) is 22.3 Å². The second kappa shape index (κ2) is 17.1. The van der Waals surface area contributed by atoms with E-state index in [2.05, 4.69) is 19.9 Å². The van der Waals surface area contributed by atoms with E-state index in [0.29, 0.717) is 48.5 Å². The summed E-state index contributed by atoms with van der Waals surface area (Å²) >= 11 is 0. The molecule has 72 heavy (non-hydrogen) atoms. The molecule has 9 rings (SSSR count). The largest absolute Gasteiger partial charge is 0.349 e. The number of hydrogen-bond acceptors (Lipinski definition) is 10. The highest BCUT2D eigenvalue weighted by Gasteiger charge is 2.35. The van der Waals surface area contributed by atoms with Crippen LogP contribution in [0.3, 0.4) is 0 Å². The van der Waals surface area contributed by atoms with Gasteiger partial charge in [0.1, 0.15) is 22.8 Å². The Kier molecular flexibility index (Phi) is 11.8. The lowest BCUT2D eigenvalue weighted by molar-refractivity contribution is 0.481. The van der Waals surface area contributed by atoms with Crippen LogP contribution >= 0.6 is 0 Å². The summed E-state index contributed by atoms with van der Waals surface area (Å²) in [5.41, 5.74) is -16.6. The van der Waals surface area contributed by atoms with Gasteiger partial charge < -0.3 is 9.97 Å². The summed E-state index contributed by atoms with van der Waals surface area (Å²) in [6.45, 7) is 0. The fraction of sp³-hybridized carbons (Fsp3) is 0. The zero-order valence-corrected chi connectivity index (χ0v) is 38.1. The van der Waals surface area contributed by atoms with Gasteiger partial charge in [-0.15, -0.1) is 0 Å². The number of fused-ring (bicyclic) bond motifs is 8. The van der Waals surface area contributed by atoms with Crippen molar-refractivity contribution >= 4 is 85.8 Å². The fourth-order valence-electron chi connectivity index (χ4n) is 7.87. The molecule has 0 saturated heterocycles. The molecule has 2 aliphatic rings. The van der Waals surface area contributed by atoms with Gasteiger partial charge in [0.2, 0.25) is 0 Å². The van der Waals surface area contributed by atoms with Crippen molar-refractivity contribution in [2.75, 3.05) is 0 Å². The van der Waals surface area contributed by atoms with Crippen LogP contribution in [0, 0.1) is 23.3 Å². The molecule has 6 N–H and O–H groups in total. The maximum atomic E-state index is 16.9. The van der Waals surface area contributed by atoms with Gasteiger partial charge in [-0.25, -0.2) is 45.1 Å². The number of aromatic nitrogens is 4. The summed E-state index contributed by atoms with van der Waals surface area (Å²) in [6, 6.07) is 11.5. The molecule has 0 spiro atoms. The van der Waals surface area contributed by atoms with Crippen molar-refractivity contribution in [2.45, 2.75) is 19.6 Å². The molecule has 0 saturated carbocycles. The first-order valence-electron chi connectivity index (χ1n) is 19.6. The van der Waals surface area contributed by atoms with Crippen molar-refractivity contribution < 1.29 is 87.0 Å². The molecule has 2 aliphatic heterocycles. The number of rotatable bonds is 8. The molecule has 0 unspecified atom stereocenters. The Bertz CT molecular complexity index is 3720. The van der Waals surface area contributed by atoms with Crippen molar-refractivity contribution in [3.05, 3.63) is 143 Å². The molecule has 370 valence electrons. The minimum Gasteiger partial charge on any atom is -0.349 e. The average molecular weight is 1080 g/mol. The predicted molar refractivity (Wildman–Crippen MR) is 240 cm³/mol. The smallest absolute Gasteiger partial charge is 0.294 e. The van der Waals surface area contributed by atoms with Crippen LogP contribution in [0.5, 0.6) is 0 Å². The molecule has 7 aromatic rings. The number of nitrogens with zero attached hydrogens (tertiary/aromatic N) is 2. The van der Waals surface area contributed by atoms with Gasteiger partial charge in [0.25, 0.3) is 40.5 Å². The fourth-order valence-corrected chi connectivity index (χ4v) is 9.79. The zero-order chi connectivity index (χ0) is 52.3. The summed E-state index contributed by atoms with van der Waals surface area (Å²) in [4.78, 5) is 9.14. The van der Waals surface area contributed by atoms with Gasteiger partial charge in [-0.05, 0) is 70.8 Å². The van der Waals surface area contributed by atoms with E-state index in [1.54, 1.807) is 0 Å². The summed E-state index contributed by atoms with van der Waals surface area (Å²) in [5.74, 6) is -16.4. The van der Waals surface area contributed by atoms with Crippen molar-refractivity contribution in [3.8, 4) is 44.5 Å². The molecule has 0 atom stereocenters. The molecule has 0 aliphatic carbocycles. The molecule has 28 heteroatoms. The number of H-pyrrole nitrogens is 2. The summed E-state index contributed by atoms with van der Waals surface area (Å²) in [6.07, 6.45) is 0. The molecule has 3 aromatic heterocycles. The van der Waals surface area contributed by atoms with Crippen LogP contribution in [0.1, 0.15) is 22.8 Å². The molecule has 0 radical (unpaired) electrons. The normalized spacial score (nSPS) is 13.6. The summed E-state index contributed by atoms with van der Waals surface area (Å²) < 4.78 is 270. The lowest BCUT2D eigenvalue weighted by Crippen LogP contribution is -1.98. The number of aromatic amines is 2. The topological polar surface area (TPSA) is 275 Å². The number of hydrogen-bond donors (Lipinski definition) is 6. The van der Waals surface area contributed by atoms with Gasteiger partial charge in [-0.1, -0.05) is 48.5 Å². The Morgan fingerprint density at radius 3 is 0.625 bits per heavy atom. The van der Waals surface area contributed by atoms with Crippen LogP contribution in [-0.2, 0) is 40.5 Å². The third-order valence-electron chi connectivity index (χ3n) is 11.1. The van der Waals surface area contributed by atoms with Gasteiger partial charge in [-0.2, -0.15) is 33.7 Å². The Hall–Kier alpha value is -7.44. The van der Waals surface area contributed by atoms with E-state index < -0.39 is 196 Å². The van der Waals surface area contributed by atoms with E-state index in [9.17, 15) is 51.9 Å². The second-order valence-corrected chi connectivity index (χ2v) is 21.1. The lowest BCUT2D eigenvalue weighted by atomic mass is 10.0. The molecule has 4 aromatic carbocycles. The van der Waals surface area contributed by atoms with E-state index in [1.165, 1.54) is 0 Å². The Morgan fingerprint density at radius 1 is 0.306 bits per heavy atom. The maximum absolute atomic E-state index is 16.9. The van der Waals surface area contributed by atoms with Crippen molar-refractivity contribution in [1.29, 1.82) is 0 Å². The maximum Gasteiger partial charge on any atom is 0.294 e. The lowest BCUT2D eigenvalue weighted by Gasteiger charge is -2.08. The minimum atomic E-state index is -4.99. The highest BCUT2D eigenvalue weighted by atomic mass is 32.2. The van der Waals surface area contributed by atoms with E-state index in [-0.39, 0.29) is 0 Å². The number of halogens is 8. The van der Waals surface area contributed by atoms with Crippen molar-refractivity contribution in [1.82, 2.24) is 19.9 Å². The Labute approximate surface area is 398 Å². The highest BCUT2D eigenvalue weighted by molar-refractivity contribution is 7.86. The molecule has 8 bridgehead atoms. The molecule has 5 heterocycles. The highest BCUT2D eigenvalue weighted by Crippen LogP contribution is 2.48. The molecule has 16 nitrogen and oxygen atoms in total. The van der Waals surface area contributed by atoms with E-state index >= 15 is 35.1 Å². The minimum absolute atomic E-state index is 0.569.